The molecule has 176 valence electrons. The van der Waals surface area contributed by atoms with Gasteiger partial charge in [0, 0.05) is 38.4 Å². The van der Waals surface area contributed by atoms with E-state index in [1.165, 1.54) is 11.1 Å². The molecule has 4 rings (SSSR count). The van der Waals surface area contributed by atoms with Gasteiger partial charge in [0.25, 0.3) is 0 Å². The summed E-state index contributed by atoms with van der Waals surface area (Å²) in [6.07, 6.45) is 6.18. The van der Waals surface area contributed by atoms with Crippen LogP contribution in [0.5, 0.6) is 11.5 Å². The average Bonchev–Trinajstić information content (AvgIpc) is 3.28. The minimum atomic E-state index is -0.767. The second kappa shape index (κ2) is 10.9. The number of imidazole rings is 1. The molecule has 0 radical (unpaired) electrons. The van der Waals surface area contributed by atoms with Gasteiger partial charge in [-0.1, -0.05) is 36.8 Å². The Hall–Kier alpha value is -2.83. The Labute approximate surface area is 196 Å². The van der Waals surface area contributed by atoms with E-state index in [0.717, 1.165) is 49.9 Å². The molecule has 2 aromatic carbocycles. The molecule has 0 saturated carbocycles. The van der Waals surface area contributed by atoms with E-state index in [-0.39, 0.29) is 0 Å². The van der Waals surface area contributed by atoms with Gasteiger partial charge in [0.2, 0.25) is 0 Å². The molecule has 0 unspecified atom stereocenters. The van der Waals surface area contributed by atoms with Gasteiger partial charge in [-0.2, -0.15) is 0 Å². The first-order valence-corrected chi connectivity index (χ1v) is 11.9. The van der Waals surface area contributed by atoms with Crippen molar-refractivity contribution in [3.8, 4) is 11.5 Å². The summed E-state index contributed by atoms with van der Waals surface area (Å²) in [5.41, 5.74) is 1.66. The highest BCUT2D eigenvalue weighted by molar-refractivity contribution is 5.29. The van der Waals surface area contributed by atoms with Crippen LogP contribution in [-0.4, -0.2) is 51.5 Å². The highest BCUT2D eigenvalue weighted by Crippen LogP contribution is 2.25. The minimum Gasteiger partial charge on any atom is -0.492 e. The van der Waals surface area contributed by atoms with Crippen LogP contribution in [0.3, 0.4) is 0 Å². The number of hydrogen-bond donors (Lipinski definition) is 1. The van der Waals surface area contributed by atoms with E-state index >= 15 is 0 Å². The molecule has 0 amide bonds. The van der Waals surface area contributed by atoms with E-state index in [4.69, 9.17) is 9.47 Å². The van der Waals surface area contributed by atoms with Crippen molar-refractivity contribution in [3.05, 3.63) is 77.9 Å². The van der Waals surface area contributed by atoms with Crippen molar-refractivity contribution in [2.75, 3.05) is 26.3 Å². The van der Waals surface area contributed by atoms with Crippen LogP contribution in [0.4, 0.5) is 0 Å². The van der Waals surface area contributed by atoms with Crippen LogP contribution in [-0.2, 0) is 19.5 Å². The normalized spacial score (nSPS) is 16.0. The largest absolute Gasteiger partial charge is 0.492 e. The number of hydrogen-bond acceptors (Lipinski definition) is 5. The zero-order valence-corrected chi connectivity index (χ0v) is 19.7. The standard InChI is InChI=1S/C27H35N3O3/c1-3-26-28-13-16-30(26)17-18-32-25-6-4-5-23(19-25)20-29-14-11-27(31,12-15-29)21-33-24-9-7-22(2)8-10-24/h4-10,13,16,19,31H,3,11-12,14-15,17-18,20-21H2,1-2H3. The average molecular weight is 450 g/mol. The summed E-state index contributed by atoms with van der Waals surface area (Å²) < 4.78 is 14.0. The molecule has 6 nitrogen and oxygen atoms in total. The van der Waals surface area contributed by atoms with E-state index < -0.39 is 5.60 Å². The zero-order valence-electron chi connectivity index (χ0n) is 19.7. The van der Waals surface area contributed by atoms with Crippen molar-refractivity contribution in [1.29, 1.82) is 0 Å². The van der Waals surface area contributed by atoms with Crippen LogP contribution >= 0.6 is 0 Å². The maximum atomic E-state index is 10.9. The van der Waals surface area contributed by atoms with Crippen LogP contribution in [0.1, 0.15) is 36.7 Å². The molecular formula is C27H35N3O3. The van der Waals surface area contributed by atoms with Crippen LogP contribution in [0, 0.1) is 6.92 Å². The van der Waals surface area contributed by atoms with Crippen molar-refractivity contribution < 1.29 is 14.6 Å². The number of piperidine rings is 1. The van der Waals surface area contributed by atoms with Crippen LogP contribution < -0.4 is 9.47 Å². The number of aryl methyl sites for hydroxylation is 2. The molecular weight excluding hydrogens is 414 g/mol. The van der Waals surface area contributed by atoms with Gasteiger partial charge in [-0.15, -0.1) is 0 Å². The molecule has 2 heterocycles. The molecule has 0 atom stereocenters. The van der Waals surface area contributed by atoms with Gasteiger partial charge in [0.05, 0.1) is 6.54 Å². The molecule has 33 heavy (non-hydrogen) atoms. The summed E-state index contributed by atoms with van der Waals surface area (Å²) in [5, 5.41) is 10.9. The third-order valence-corrected chi connectivity index (χ3v) is 6.34. The predicted octanol–water partition coefficient (Wildman–Crippen LogP) is 4.24. The fourth-order valence-electron chi connectivity index (χ4n) is 4.24. The maximum Gasteiger partial charge on any atom is 0.119 e. The Bertz CT molecular complexity index is 1010. The summed E-state index contributed by atoms with van der Waals surface area (Å²) in [6.45, 7) is 8.46. The molecule has 0 bridgehead atoms. The second-order valence-corrected chi connectivity index (χ2v) is 8.99. The SMILES string of the molecule is CCc1nccn1CCOc1cccc(CN2CCC(O)(COc3ccc(C)cc3)CC2)c1. The number of benzene rings is 2. The first kappa shape index (κ1) is 23.3. The van der Waals surface area contributed by atoms with Gasteiger partial charge >= 0.3 is 0 Å². The van der Waals surface area contributed by atoms with Crippen molar-refractivity contribution in [1.82, 2.24) is 14.5 Å². The third kappa shape index (κ3) is 6.59. The number of aromatic nitrogens is 2. The second-order valence-electron chi connectivity index (χ2n) is 8.99. The fraction of sp³-hybridized carbons (Fsp3) is 0.444. The zero-order chi connectivity index (χ0) is 23.1. The van der Waals surface area contributed by atoms with Crippen LogP contribution in [0.25, 0.3) is 0 Å². The molecule has 0 spiro atoms. The number of rotatable bonds is 10. The molecule has 1 saturated heterocycles. The quantitative estimate of drug-likeness (QED) is 0.502. The Balaban J connectivity index is 1.22. The number of aliphatic hydroxyl groups is 1. The lowest BCUT2D eigenvalue weighted by Gasteiger charge is -2.38. The predicted molar refractivity (Wildman–Crippen MR) is 130 cm³/mol. The summed E-state index contributed by atoms with van der Waals surface area (Å²) in [5.74, 6) is 2.79. The lowest BCUT2D eigenvalue weighted by atomic mass is 9.92. The molecule has 1 aliphatic heterocycles. The van der Waals surface area contributed by atoms with Gasteiger partial charge in [0.1, 0.15) is 36.1 Å². The van der Waals surface area contributed by atoms with Crippen LogP contribution in [0.15, 0.2) is 60.9 Å². The third-order valence-electron chi connectivity index (χ3n) is 6.34. The Morgan fingerprint density at radius 1 is 1.03 bits per heavy atom. The summed E-state index contributed by atoms with van der Waals surface area (Å²) in [4.78, 5) is 6.74. The highest BCUT2D eigenvalue weighted by atomic mass is 16.5. The Morgan fingerprint density at radius 3 is 2.58 bits per heavy atom. The van der Waals surface area contributed by atoms with E-state index in [2.05, 4.69) is 46.5 Å². The monoisotopic (exact) mass is 449 g/mol. The lowest BCUT2D eigenvalue weighted by Crippen LogP contribution is -2.47. The fourth-order valence-corrected chi connectivity index (χ4v) is 4.24. The number of nitrogens with zero attached hydrogens (tertiary/aromatic N) is 3. The van der Waals surface area contributed by atoms with Crippen molar-refractivity contribution in [2.45, 2.75) is 51.8 Å². The van der Waals surface area contributed by atoms with Crippen LogP contribution in [0.2, 0.25) is 0 Å². The lowest BCUT2D eigenvalue weighted by molar-refractivity contribution is -0.0537. The highest BCUT2D eigenvalue weighted by Gasteiger charge is 2.33. The summed E-state index contributed by atoms with van der Waals surface area (Å²) >= 11 is 0. The van der Waals surface area contributed by atoms with Gasteiger partial charge < -0.3 is 19.1 Å². The van der Waals surface area contributed by atoms with Crippen molar-refractivity contribution in [3.63, 3.8) is 0 Å². The first-order valence-electron chi connectivity index (χ1n) is 11.9. The van der Waals surface area contributed by atoms with Crippen molar-refractivity contribution >= 4 is 0 Å². The smallest absolute Gasteiger partial charge is 0.119 e. The maximum absolute atomic E-state index is 10.9. The minimum absolute atomic E-state index is 0.337. The van der Waals surface area contributed by atoms with Gasteiger partial charge in [-0.25, -0.2) is 4.98 Å². The number of likely N-dealkylation sites (tertiary alicyclic amines) is 1. The molecule has 1 N–H and O–H groups in total. The first-order chi connectivity index (χ1) is 16.0. The molecule has 1 aliphatic rings. The Kier molecular flexibility index (Phi) is 7.68. The molecule has 6 heteroatoms. The van der Waals surface area contributed by atoms with E-state index in [1.54, 1.807) is 0 Å². The number of ether oxygens (including phenoxy) is 2. The molecule has 1 fully saturated rings. The Morgan fingerprint density at radius 2 is 1.82 bits per heavy atom. The summed E-state index contributed by atoms with van der Waals surface area (Å²) in [6, 6.07) is 16.3. The molecule has 3 aromatic rings. The topological polar surface area (TPSA) is 59.8 Å². The molecule has 1 aromatic heterocycles. The van der Waals surface area contributed by atoms with E-state index in [0.29, 0.717) is 26.1 Å². The van der Waals surface area contributed by atoms with Gasteiger partial charge in [-0.05, 0) is 49.6 Å². The summed E-state index contributed by atoms with van der Waals surface area (Å²) in [7, 11) is 0. The van der Waals surface area contributed by atoms with Gasteiger partial charge in [0.15, 0.2) is 0 Å². The van der Waals surface area contributed by atoms with E-state index in [9.17, 15) is 5.11 Å². The van der Waals surface area contributed by atoms with Gasteiger partial charge in [-0.3, -0.25) is 4.90 Å². The van der Waals surface area contributed by atoms with Crippen molar-refractivity contribution in [2.24, 2.45) is 0 Å². The van der Waals surface area contributed by atoms with E-state index in [1.807, 2.05) is 42.7 Å². The molecule has 0 aliphatic carbocycles.